The number of unbranched alkanes of at least 4 members (excludes halogenated alkanes) is 5. The number of carbonyl (C=O) groups is 4. The number of halogens is 1. The predicted octanol–water partition coefficient (Wildman–Crippen LogP) is 4.55. The average Bonchev–Trinajstić information content (AvgIpc) is 3.38. The molecule has 5 unspecified atom stereocenters. The van der Waals surface area contributed by atoms with Crippen LogP contribution in [0.5, 0.6) is 0 Å². The van der Waals surface area contributed by atoms with Crippen LogP contribution in [-0.4, -0.2) is 72.3 Å². The Balaban J connectivity index is 0.000000603. The van der Waals surface area contributed by atoms with E-state index in [-0.39, 0.29) is 37.2 Å². The van der Waals surface area contributed by atoms with Crippen molar-refractivity contribution in [1.82, 2.24) is 4.90 Å². The van der Waals surface area contributed by atoms with E-state index < -0.39 is 29.1 Å². The van der Waals surface area contributed by atoms with E-state index in [9.17, 15) is 18.6 Å². The number of benzene rings is 1. The molecule has 1 aliphatic heterocycles. The number of hydrogen-bond acceptors (Lipinski definition) is 8. The molecule has 11 nitrogen and oxygen atoms in total. The standard InChI is InChI=1S/C25H35BrN2O6S.C6H12O.CH3NO/c1-33-25(31)21-14-17(21)8-6-4-2-3-5-7-9-23(29)28-16-19(15-22(28)24(27)30)34-35(32)20-12-10-18(26)11-13-20;1-7-6-4-2-3-5-6;2-1-3/h10-13,17,19,21-22H,2-9,14-16H2,1H3,(H2,27,30);6H,2-5H2,1H3;1H,(H2,2,3). The van der Waals surface area contributed by atoms with Gasteiger partial charge in [0.2, 0.25) is 18.2 Å². The van der Waals surface area contributed by atoms with Crippen molar-refractivity contribution in [2.24, 2.45) is 23.3 Å². The summed E-state index contributed by atoms with van der Waals surface area (Å²) in [6.07, 6.45) is 14.4. The fourth-order valence-electron chi connectivity index (χ4n) is 5.80. The number of rotatable bonds is 15. The predicted molar refractivity (Wildman–Crippen MR) is 175 cm³/mol. The molecule has 3 fully saturated rings. The maximum Gasteiger partial charge on any atom is 0.308 e. The normalized spacial score (nSPS) is 22.8. The third-order valence-electron chi connectivity index (χ3n) is 8.42. The highest BCUT2D eigenvalue weighted by Gasteiger charge is 2.43. The van der Waals surface area contributed by atoms with Crippen LogP contribution in [0, 0.1) is 11.8 Å². The molecule has 1 saturated heterocycles. The number of likely N-dealkylation sites (tertiary alicyclic amines) is 1. The minimum absolute atomic E-state index is 0.0769. The van der Waals surface area contributed by atoms with Crippen LogP contribution in [0.3, 0.4) is 0 Å². The lowest BCUT2D eigenvalue weighted by Gasteiger charge is -2.21. The topological polar surface area (TPSA) is 168 Å². The van der Waals surface area contributed by atoms with Crippen molar-refractivity contribution < 1.29 is 37.0 Å². The molecule has 0 radical (unpaired) electrons. The minimum atomic E-state index is -1.69. The van der Waals surface area contributed by atoms with Crippen LogP contribution in [-0.2, 0) is 43.9 Å². The van der Waals surface area contributed by atoms with Gasteiger partial charge in [-0.05, 0) is 62.3 Å². The van der Waals surface area contributed by atoms with Crippen molar-refractivity contribution in [2.45, 2.75) is 113 Å². The zero-order valence-electron chi connectivity index (χ0n) is 26.5. The molecule has 4 rings (SSSR count). The molecule has 4 N–H and O–H groups in total. The quantitative estimate of drug-likeness (QED) is 0.151. The Labute approximate surface area is 278 Å². The first-order valence-electron chi connectivity index (χ1n) is 15.8. The van der Waals surface area contributed by atoms with Gasteiger partial charge >= 0.3 is 5.97 Å². The number of methoxy groups -OCH3 is 2. The van der Waals surface area contributed by atoms with Crippen LogP contribution in [0.15, 0.2) is 33.6 Å². The van der Waals surface area contributed by atoms with Gasteiger partial charge in [0, 0.05) is 31.0 Å². The van der Waals surface area contributed by atoms with Gasteiger partial charge in [0.25, 0.3) is 0 Å². The monoisotopic (exact) mass is 715 g/mol. The summed E-state index contributed by atoms with van der Waals surface area (Å²) >= 11 is 1.65. The Morgan fingerprint density at radius 3 is 2.13 bits per heavy atom. The molecule has 1 aromatic rings. The summed E-state index contributed by atoms with van der Waals surface area (Å²) in [7, 11) is 3.25. The molecule has 45 heavy (non-hydrogen) atoms. The maximum absolute atomic E-state index is 12.8. The Hall–Kier alpha value is -2.35. The Kier molecular flexibility index (Phi) is 18.5. The van der Waals surface area contributed by atoms with E-state index in [0.29, 0.717) is 23.3 Å². The molecule has 0 bridgehead atoms. The van der Waals surface area contributed by atoms with E-state index in [2.05, 4.69) is 21.7 Å². The van der Waals surface area contributed by atoms with Gasteiger partial charge in [-0.2, -0.15) is 0 Å². The molecule has 5 atom stereocenters. The van der Waals surface area contributed by atoms with Crippen molar-refractivity contribution in [3.05, 3.63) is 28.7 Å². The number of nitrogens with two attached hydrogens (primary N) is 2. The Morgan fingerprint density at radius 1 is 0.978 bits per heavy atom. The highest BCUT2D eigenvalue weighted by molar-refractivity contribution is 9.10. The fourth-order valence-corrected chi connectivity index (χ4v) is 6.92. The second-order valence-corrected chi connectivity index (χ2v) is 13.7. The maximum atomic E-state index is 12.8. The fraction of sp³-hybridized carbons (Fsp3) is 0.688. The summed E-state index contributed by atoms with van der Waals surface area (Å²) in [5.41, 5.74) is 9.70. The number of ether oxygens (including phenoxy) is 2. The van der Waals surface area contributed by atoms with Crippen LogP contribution in [0.1, 0.15) is 89.9 Å². The van der Waals surface area contributed by atoms with Crippen molar-refractivity contribution >= 4 is 51.2 Å². The summed E-state index contributed by atoms with van der Waals surface area (Å²) in [5.74, 6) is -0.140. The van der Waals surface area contributed by atoms with E-state index >= 15 is 0 Å². The molecular weight excluding hydrogens is 666 g/mol. The molecular formula is C32H50BrN3O8S. The molecule has 3 aliphatic rings. The Bertz CT molecular complexity index is 1090. The Morgan fingerprint density at radius 2 is 1.58 bits per heavy atom. The van der Waals surface area contributed by atoms with Gasteiger partial charge in [-0.3, -0.25) is 23.4 Å². The molecule has 254 valence electrons. The van der Waals surface area contributed by atoms with Crippen LogP contribution in [0.25, 0.3) is 0 Å². The van der Waals surface area contributed by atoms with Gasteiger partial charge < -0.3 is 25.8 Å². The van der Waals surface area contributed by atoms with Gasteiger partial charge in [-0.15, -0.1) is 0 Å². The first-order valence-corrected chi connectivity index (χ1v) is 17.7. The van der Waals surface area contributed by atoms with Crippen LogP contribution in [0.4, 0.5) is 0 Å². The van der Waals surface area contributed by atoms with Crippen molar-refractivity contribution in [2.75, 3.05) is 20.8 Å². The van der Waals surface area contributed by atoms with Gasteiger partial charge in [0.05, 0.1) is 30.1 Å². The number of hydrogen-bond donors (Lipinski definition) is 2. The van der Waals surface area contributed by atoms with E-state index in [1.54, 1.807) is 31.4 Å². The minimum Gasteiger partial charge on any atom is -0.469 e. The molecule has 2 aliphatic carbocycles. The molecule has 3 amide bonds. The van der Waals surface area contributed by atoms with Crippen LogP contribution < -0.4 is 11.5 Å². The summed E-state index contributed by atoms with van der Waals surface area (Å²) in [6.45, 7) is 0.211. The molecule has 0 aromatic heterocycles. The van der Waals surface area contributed by atoms with E-state index in [0.717, 1.165) is 55.8 Å². The third-order valence-corrected chi connectivity index (χ3v) is 10.1. The lowest BCUT2D eigenvalue weighted by atomic mass is 10.1. The van der Waals surface area contributed by atoms with Gasteiger partial charge in [0.15, 0.2) is 11.1 Å². The van der Waals surface area contributed by atoms with E-state index in [1.165, 1.54) is 37.7 Å². The number of nitrogens with zero attached hydrogens (tertiary/aromatic N) is 1. The van der Waals surface area contributed by atoms with Gasteiger partial charge in [-0.1, -0.05) is 60.9 Å². The lowest BCUT2D eigenvalue weighted by molar-refractivity contribution is -0.142. The first-order chi connectivity index (χ1) is 21.6. The van der Waals surface area contributed by atoms with Gasteiger partial charge in [-0.25, -0.2) is 4.21 Å². The second kappa shape index (κ2) is 21.4. The highest BCUT2D eigenvalue weighted by atomic mass is 79.9. The van der Waals surface area contributed by atoms with Crippen LogP contribution >= 0.6 is 15.9 Å². The molecule has 0 spiro atoms. The summed E-state index contributed by atoms with van der Waals surface area (Å²) < 4.78 is 28.9. The van der Waals surface area contributed by atoms with Gasteiger partial charge in [0.1, 0.15) is 6.04 Å². The van der Waals surface area contributed by atoms with E-state index in [4.69, 9.17) is 24.2 Å². The molecule has 2 saturated carbocycles. The number of primary amides is 2. The van der Waals surface area contributed by atoms with Crippen molar-refractivity contribution in [3.8, 4) is 0 Å². The zero-order chi connectivity index (χ0) is 33.2. The lowest BCUT2D eigenvalue weighted by Crippen LogP contribution is -2.43. The van der Waals surface area contributed by atoms with Crippen molar-refractivity contribution in [3.63, 3.8) is 0 Å². The van der Waals surface area contributed by atoms with Crippen LogP contribution in [0.2, 0.25) is 0 Å². The zero-order valence-corrected chi connectivity index (χ0v) is 28.9. The summed E-state index contributed by atoms with van der Waals surface area (Å²) in [5, 5.41) is 0. The van der Waals surface area contributed by atoms with Crippen molar-refractivity contribution in [1.29, 1.82) is 0 Å². The number of esters is 1. The molecule has 1 aromatic carbocycles. The average molecular weight is 717 g/mol. The largest absolute Gasteiger partial charge is 0.469 e. The second-order valence-electron chi connectivity index (χ2n) is 11.7. The smallest absolute Gasteiger partial charge is 0.308 e. The third kappa shape index (κ3) is 14.3. The highest BCUT2D eigenvalue weighted by Crippen LogP contribution is 2.43. The summed E-state index contributed by atoms with van der Waals surface area (Å²) in [6, 6.07) is 6.23. The molecule has 1 heterocycles. The first kappa shape index (κ1) is 38.8. The number of amides is 3. The SMILES string of the molecule is COC(=O)C1CC1CCCCCCCCC(=O)N1CC(OS(=O)c2ccc(Br)cc2)CC1C(N)=O.COC1CCCC1.NC=O. The summed E-state index contributed by atoms with van der Waals surface area (Å²) in [4.78, 5) is 46.7. The number of carbonyl (C=O) groups excluding carboxylic acids is 4. The molecule has 13 heteroatoms. The van der Waals surface area contributed by atoms with E-state index in [1.807, 2.05) is 0 Å².